The monoisotopic (exact) mass is 504 g/mol. The Morgan fingerprint density at radius 1 is 1.14 bits per heavy atom. The molecule has 4 rings (SSSR count). The number of hydrogen-bond acceptors (Lipinski definition) is 3. The van der Waals surface area contributed by atoms with Crippen molar-refractivity contribution in [2.75, 3.05) is 13.7 Å². The second kappa shape index (κ2) is 7.67. The molecule has 2 atom stereocenters. The van der Waals surface area contributed by atoms with Crippen LogP contribution in [0.25, 0.3) is 21.8 Å². The van der Waals surface area contributed by atoms with E-state index < -0.39 is 11.8 Å². The molecule has 1 aliphatic carbocycles. The van der Waals surface area contributed by atoms with E-state index in [-0.39, 0.29) is 0 Å². The lowest BCUT2D eigenvalue weighted by Gasteiger charge is -2.36. The summed E-state index contributed by atoms with van der Waals surface area (Å²) in [5, 5.41) is 15.3. The van der Waals surface area contributed by atoms with Crippen molar-refractivity contribution in [3.05, 3.63) is 69.3 Å². The van der Waals surface area contributed by atoms with Crippen LogP contribution in [0.3, 0.4) is 0 Å². The van der Waals surface area contributed by atoms with Gasteiger partial charge in [0.25, 0.3) is 0 Å². The number of halogens is 2. The van der Waals surface area contributed by atoms with Crippen LogP contribution < -0.4 is 5.32 Å². The summed E-state index contributed by atoms with van der Waals surface area (Å²) in [6, 6.07) is 12.7. The van der Waals surface area contributed by atoms with Crippen molar-refractivity contribution in [2.24, 2.45) is 0 Å². The molecule has 6 heteroatoms. The predicted octanol–water partition coefficient (Wildman–Crippen LogP) is 5.43. The molecule has 146 valence electrons. The van der Waals surface area contributed by atoms with Gasteiger partial charge in [0.15, 0.2) is 5.72 Å². The SMILES string of the molecule is COC1(n2c3ccc(Br)cc3c3cc(Br)ccc32)C=CC=C(NCC(C)O)C1. The van der Waals surface area contributed by atoms with Crippen molar-refractivity contribution in [3.8, 4) is 0 Å². The number of aromatic nitrogens is 1. The molecule has 2 N–H and O–H groups in total. The summed E-state index contributed by atoms with van der Waals surface area (Å²) in [6.45, 7) is 2.28. The van der Waals surface area contributed by atoms with E-state index in [4.69, 9.17) is 4.74 Å². The fourth-order valence-electron chi connectivity index (χ4n) is 3.87. The second-order valence-corrected chi connectivity index (χ2v) is 9.00. The Hall–Kier alpha value is -1.60. The highest BCUT2D eigenvalue weighted by molar-refractivity contribution is 9.10. The van der Waals surface area contributed by atoms with Gasteiger partial charge in [-0.15, -0.1) is 0 Å². The van der Waals surface area contributed by atoms with E-state index in [1.165, 1.54) is 10.8 Å². The molecule has 0 aliphatic heterocycles. The average Bonchev–Trinajstić information content (AvgIpc) is 3.00. The molecule has 1 aliphatic rings. The van der Waals surface area contributed by atoms with Crippen molar-refractivity contribution >= 4 is 53.7 Å². The lowest BCUT2D eigenvalue weighted by Crippen LogP contribution is -2.38. The first kappa shape index (κ1) is 19.7. The summed E-state index contributed by atoms with van der Waals surface area (Å²) in [5.74, 6) is 0. The largest absolute Gasteiger partial charge is 0.392 e. The molecule has 0 radical (unpaired) electrons. The minimum atomic E-state index is -0.655. The highest BCUT2D eigenvalue weighted by Crippen LogP contribution is 2.41. The number of hydrogen-bond donors (Lipinski definition) is 2. The summed E-state index contributed by atoms with van der Waals surface area (Å²) in [7, 11) is 1.75. The summed E-state index contributed by atoms with van der Waals surface area (Å²) in [6.07, 6.45) is 6.40. The Labute approximate surface area is 181 Å². The molecule has 0 fully saturated rings. The Morgan fingerprint density at radius 3 is 2.29 bits per heavy atom. The standard InChI is InChI=1S/C22H22Br2N2O2/c1-14(27)13-25-17-4-3-9-22(12-17,28-2)26-20-7-5-15(23)10-18(20)19-11-16(24)6-8-21(19)26/h3-11,14,25,27H,12-13H2,1-2H3. The number of benzene rings is 2. The van der Waals surface area contributed by atoms with Gasteiger partial charge in [0.1, 0.15) is 0 Å². The van der Waals surface area contributed by atoms with E-state index in [2.05, 4.69) is 84.2 Å². The molecule has 0 saturated carbocycles. The van der Waals surface area contributed by atoms with Crippen molar-refractivity contribution in [1.29, 1.82) is 0 Å². The van der Waals surface area contributed by atoms with Gasteiger partial charge in [0.2, 0.25) is 0 Å². The van der Waals surface area contributed by atoms with Crippen LogP contribution in [0.5, 0.6) is 0 Å². The van der Waals surface area contributed by atoms with Crippen molar-refractivity contribution in [2.45, 2.75) is 25.2 Å². The zero-order valence-electron chi connectivity index (χ0n) is 15.7. The minimum absolute atomic E-state index is 0.410. The minimum Gasteiger partial charge on any atom is -0.392 e. The third-order valence-electron chi connectivity index (χ3n) is 5.14. The highest BCUT2D eigenvalue weighted by atomic mass is 79.9. The van der Waals surface area contributed by atoms with Crippen LogP contribution in [0.15, 0.2) is 69.3 Å². The quantitative estimate of drug-likeness (QED) is 0.485. The van der Waals surface area contributed by atoms with Gasteiger partial charge in [-0.2, -0.15) is 0 Å². The zero-order chi connectivity index (χ0) is 19.9. The number of rotatable bonds is 5. The van der Waals surface area contributed by atoms with Crippen LogP contribution in [0.4, 0.5) is 0 Å². The van der Waals surface area contributed by atoms with E-state index in [1.54, 1.807) is 14.0 Å². The summed E-state index contributed by atoms with van der Waals surface area (Å²) in [5.41, 5.74) is 2.60. The number of nitrogens with zero attached hydrogens (tertiary/aromatic N) is 1. The number of aliphatic hydroxyl groups excluding tert-OH is 1. The smallest absolute Gasteiger partial charge is 0.169 e. The van der Waals surface area contributed by atoms with E-state index in [1.807, 2.05) is 12.2 Å². The first-order chi connectivity index (χ1) is 13.4. The van der Waals surface area contributed by atoms with Gasteiger partial charge >= 0.3 is 0 Å². The van der Waals surface area contributed by atoms with Crippen molar-refractivity contribution in [1.82, 2.24) is 9.88 Å². The Morgan fingerprint density at radius 2 is 1.75 bits per heavy atom. The van der Waals surface area contributed by atoms with E-state index in [9.17, 15) is 5.11 Å². The van der Waals surface area contributed by atoms with Gasteiger partial charge < -0.3 is 19.7 Å². The molecule has 1 heterocycles. The molecule has 2 aromatic carbocycles. The van der Waals surface area contributed by atoms with E-state index in [0.717, 1.165) is 25.7 Å². The topological polar surface area (TPSA) is 46.4 Å². The van der Waals surface area contributed by atoms with Gasteiger partial charge in [-0.05, 0) is 55.5 Å². The van der Waals surface area contributed by atoms with Crippen molar-refractivity contribution < 1.29 is 9.84 Å². The fraction of sp³-hybridized carbons (Fsp3) is 0.273. The third kappa shape index (κ3) is 3.43. The maximum absolute atomic E-state index is 9.64. The molecule has 28 heavy (non-hydrogen) atoms. The fourth-order valence-corrected chi connectivity index (χ4v) is 4.59. The molecule has 0 amide bonds. The van der Waals surface area contributed by atoms with Crippen LogP contribution in [0.2, 0.25) is 0 Å². The summed E-state index contributed by atoms with van der Waals surface area (Å²) in [4.78, 5) is 0. The van der Waals surface area contributed by atoms with Gasteiger partial charge in [-0.3, -0.25) is 0 Å². The van der Waals surface area contributed by atoms with Crippen LogP contribution in [-0.4, -0.2) is 29.4 Å². The number of fused-ring (bicyclic) bond motifs is 3. The lowest BCUT2D eigenvalue weighted by molar-refractivity contribution is -0.0295. The zero-order valence-corrected chi connectivity index (χ0v) is 18.9. The van der Waals surface area contributed by atoms with E-state index in [0.29, 0.717) is 13.0 Å². The first-order valence-corrected chi connectivity index (χ1v) is 10.8. The second-order valence-electron chi connectivity index (χ2n) is 7.17. The molecule has 0 saturated heterocycles. The summed E-state index contributed by atoms with van der Waals surface area (Å²) >= 11 is 7.21. The molecule has 3 aromatic rings. The molecule has 0 bridgehead atoms. The average molecular weight is 506 g/mol. The maximum Gasteiger partial charge on any atom is 0.169 e. The lowest BCUT2D eigenvalue weighted by atomic mass is 10.00. The van der Waals surface area contributed by atoms with E-state index >= 15 is 0 Å². The third-order valence-corrected chi connectivity index (χ3v) is 6.13. The van der Waals surface area contributed by atoms with Crippen LogP contribution in [-0.2, 0) is 10.5 Å². The highest BCUT2D eigenvalue weighted by Gasteiger charge is 2.35. The summed E-state index contributed by atoms with van der Waals surface area (Å²) < 4.78 is 10.5. The molecule has 4 nitrogen and oxygen atoms in total. The maximum atomic E-state index is 9.64. The van der Waals surface area contributed by atoms with Gasteiger partial charge in [-0.1, -0.05) is 37.9 Å². The van der Waals surface area contributed by atoms with Crippen LogP contribution >= 0.6 is 31.9 Å². The number of allylic oxidation sites excluding steroid dienone is 2. The van der Waals surface area contributed by atoms with Gasteiger partial charge in [0, 0.05) is 45.5 Å². The van der Waals surface area contributed by atoms with Crippen molar-refractivity contribution in [3.63, 3.8) is 0 Å². The van der Waals surface area contributed by atoms with Crippen LogP contribution in [0, 0.1) is 0 Å². The van der Waals surface area contributed by atoms with Crippen LogP contribution in [0.1, 0.15) is 13.3 Å². The number of aliphatic hydroxyl groups is 1. The molecule has 2 unspecified atom stereocenters. The molecular weight excluding hydrogens is 484 g/mol. The Bertz CT molecular complexity index is 1040. The number of nitrogens with one attached hydrogen (secondary N) is 1. The molecule has 0 spiro atoms. The molecule has 1 aromatic heterocycles. The number of methoxy groups -OCH3 is 1. The van der Waals surface area contributed by atoms with Gasteiger partial charge in [0.05, 0.1) is 17.1 Å². The Kier molecular flexibility index (Phi) is 5.40. The number of ether oxygens (including phenoxy) is 1. The predicted molar refractivity (Wildman–Crippen MR) is 121 cm³/mol. The molecular formula is C22H22Br2N2O2. The first-order valence-electron chi connectivity index (χ1n) is 9.19. The normalized spacial score (nSPS) is 20.5. The van der Waals surface area contributed by atoms with Gasteiger partial charge in [-0.25, -0.2) is 0 Å². The Balaban J connectivity index is 1.91.